The number of para-hydroxylation sites is 1. The molecule has 0 bridgehead atoms. The van der Waals surface area contributed by atoms with Crippen molar-refractivity contribution in [2.45, 2.75) is 26.3 Å². The molecule has 6 nitrogen and oxygen atoms in total. The zero-order chi connectivity index (χ0) is 16.8. The molecule has 124 valence electrons. The van der Waals surface area contributed by atoms with E-state index in [9.17, 15) is 4.79 Å². The maximum absolute atomic E-state index is 12.1. The molecule has 1 amide bonds. The number of benzene rings is 1. The standard InChI is InChI=1S/C17H23N3O3/c1-12(2)14-9-17(23-19-14)18-16(21)11-20(3)10-13-7-5-6-8-15(13)22-4/h5-9,12H,10-11H2,1-4H3,(H,18,21). The third-order valence-electron chi connectivity index (χ3n) is 3.43. The van der Waals surface area contributed by atoms with Crippen molar-refractivity contribution in [3.8, 4) is 5.75 Å². The Morgan fingerprint density at radius 2 is 2.13 bits per heavy atom. The summed E-state index contributed by atoms with van der Waals surface area (Å²) in [6, 6.07) is 9.52. The Bertz CT molecular complexity index is 652. The number of hydrogen-bond acceptors (Lipinski definition) is 5. The number of carbonyl (C=O) groups excluding carboxylic acids is 1. The zero-order valence-corrected chi connectivity index (χ0v) is 14.0. The molecule has 1 N–H and O–H groups in total. The van der Waals surface area contributed by atoms with E-state index in [0.717, 1.165) is 17.0 Å². The Balaban J connectivity index is 1.89. The first kappa shape index (κ1) is 17.0. The number of nitrogens with one attached hydrogen (secondary N) is 1. The third kappa shape index (κ3) is 4.82. The van der Waals surface area contributed by atoms with Gasteiger partial charge in [0.15, 0.2) is 0 Å². The third-order valence-corrected chi connectivity index (χ3v) is 3.43. The van der Waals surface area contributed by atoms with Gasteiger partial charge in [0, 0.05) is 18.2 Å². The largest absolute Gasteiger partial charge is 0.496 e. The molecule has 0 saturated carbocycles. The van der Waals surface area contributed by atoms with Crippen molar-refractivity contribution in [2.75, 3.05) is 26.0 Å². The van der Waals surface area contributed by atoms with Crippen molar-refractivity contribution in [3.63, 3.8) is 0 Å². The van der Waals surface area contributed by atoms with E-state index in [1.165, 1.54) is 0 Å². The first-order valence-electron chi connectivity index (χ1n) is 7.56. The van der Waals surface area contributed by atoms with Gasteiger partial charge in [-0.3, -0.25) is 15.0 Å². The summed E-state index contributed by atoms with van der Waals surface area (Å²) >= 11 is 0. The highest BCUT2D eigenvalue weighted by atomic mass is 16.5. The van der Waals surface area contributed by atoms with Crippen molar-refractivity contribution in [2.24, 2.45) is 0 Å². The van der Waals surface area contributed by atoms with Gasteiger partial charge in [0.05, 0.1) is 19.3 Å². The van der Waals surface area contributed by atoms with Gasteiger partial charge in [0.25, 0.3) is 0 Å². The average molecular weight is 317 g/mol. The normalized spacial score (nSPS) is 11.0. The van der Waals surface area contributed by atoms with Gasteiger partial charge >= 0.3 is 0 Å². The van der Waals surface area contributed by atoms with E-state index >= 15 is 0 Å². The maximum Gasteiger partial charge on any atom is 0.240 e. The molecule has 0 aliphatic rings. The van der Waals surface area contributed by atoms with Gasteiger partial charge < -0.3 is 9.26 Å². The van der Waals surface area contributed by atoms with Crippen LogP contribution in [0.1, 0.15) is 31.0 Å². The molecule has 0 saturated heterocycles. The number of likely N-dealkylation sites (N-methyl/N-ethyl adjacent to an activating group) is 1. The van der Waals surface area contributed by atoms with Crippen LogP contribution in [0.25, 0.3) is 0 Å². The highest BCUT2D eigenvalue weighted by Gasteiger charge is 2.13. The van der Waals surface area contributed by atoms with Crippen molar-refractivity contribution in [1.82, 2.24) is 10.1 Å². The Hall–Kier alpha value is -2.34. The van der Waals surface area contributed by atoms with Crippen LogP contribution < -0.4 is 10.1 Å². The van der Waals surface area contributed by atoms with Crippen molar-refractivity contribution >= 4 is 11.8 Å². The molecule has 2 aromatic rings. The van der Waals surface area contributed by atoms with Gasteiger partial charge in [0.2, 0.25) is 11.8 Å². The van der Waals surface area contributed by atoms with Crippen LogP contribution >= 0.6 is 0 Å². The van der Waals surface area contributed by atoms with Crippen molar-refractivity contribution < 1.29 is 14.1 Å². The second-order valence-electron chi connectivity index (χ2n) is 5.80. The Morgan fingerprint density at radius 3 is 2.78 bits per heavy atom. The van der Waals surface area contributed by atoms with Crippen LogP contribution in [0.3, 0.4) is 0 Å². The molecular weight excluding hydrogens is 294 g/mol. The smallest absolute Gasteiger partial charge is 0.240 e. The summed E-state index contributed by atoms with van der Waals surface area (Å²) in [5, 5.41) is 6.64. The molecular formula is C17H23N3O3. The lowest BCUT2D eigenvalue weighted by molar-refractivity contribution is -0.117. The SMILES string of the molecule is COc1ccccc1CN(C)CC(=O)Nc1cc(C(C)C)no1. The summed E-state index contributed by atoms with van der Waals surface area (Å²) in [4.78, 5) is 14.0. The monoisotopic (exact) mass is 317 g/mol. The fourth-order valence-electron chi connectivity index (χ4n) is 2.22. The van der Waals surface area contributed by atoms with Crippen LogP contribution in [0.5, 0.6) is 5.75 Å². The topological polar surface area (TPSA) is 67.6 Å². The summed E-state index contributed by atoms with van der Waals surface area (Å²) in [6.45, 7) is 4.90. The van der Waals surface area contributed by atoms with Crippen LogP contribution in [-0.4, -0.2) is 36.7 Å². The highest BCUT2D eigenvalue weighted by Crippen LogP contribution is 2.19. The number of hydrogen-bond donors (Lipinski definition) is 1. The van der Waals surface area contributed by atoms with Crippen LogP contribution in [0.2, 0.25) is 0 Å². The molecule has 0 atom stereocenters. The van der Waals surface area contributed by atoms with E-state index in [-0.39, 0.29) is 18.4 Å². The number of methoxy groups -OCH3 is 1. The second kappa shape index (κ2) is 7.78. The fraction of sp³-hybridized carbons (Fsp3) is 0.412. The first-order chi connectivity index (χ1) is 11.0. The molecule has 1 aromatic carbocycles. The molecule has 0 fully saturated rings. The van der Waals surface area contributed by atoms with Gasteiger partial charge in [-0.25, -0.2) is 0 Å². The number of anilines is 1. The van der Waals surface area contributed by atoms with Crippen LogP contribution in [0.4, 0.5) is 5.88 Å². The molecule has 0 spiro atoms. The summed E-state index contributed by atoms with van der Waals surface area (Å²) in [5.41, 5.74) is 1.86. The van der Waals surface area contributed by atoms with E-state index in [0.29, 0.717) is 12.4 Å². The summed E-state index contributed by atoms with van der Waals surface area (Å²) in [6.07, 6.45) is 0. The van der Waals surface area contributed by atoms with E-state index in [4.69, 9.17) is 9.26 Å². The zero-order valence-electron chi connectivity index (χ0n) is 14.0. The summed E-state index contributed by atoms with van der Waals surface area (Å²) in [7, 11) is 3.52. The Morgan fingerprint density at radius 1 is 1.39 bits per heavy atom. The Kier molecular flexibility index (Phi) is 5.76. The maximum atomic E-state index is 12.1. The summed E-state index contributed by atoms with van der Waals surface area (Å²) in [5.74, 6) is 1.31. The van der Waals surface area contributed by atoms with Gasteiger partial charge in [0.1, 0.15) is 5.75 Å². The number of aromatic nitrogens is 1. The number of ether oxygens (including phenoxy) is 1. The molecule has 1 aromatic heterocycles. The molecule has 2 rings (SSSR count). The number of carbonyl (C=O) groups is 1. The Labute approximate surface area is 136 Å². The molecule has 0 aliphatic heterocycles. The quantitative estimate of drug-likeness (QED) is 0.850. The average Bonchev–Trinajstić information content (AvgIpc) is 2.96. The lowest BCUT2D eigenvalue weighted by Crippen LogP contribution is -2.29. The molecule has 0 unspecified atom stereocenters. The molecule has 0 radical (unpaired) electrons. The minimum Gasteiger partial charge on any atom is -0.496 e. The van der Waals surface area contributed by atoms with E-state index in [2.05, 4.69) is 10.5 Å². The number of amides is 1. The van der Waals surface area contributed by atoms with Crippen LogP contribution in [-0.2, 0) is 11.3 Å². The van der Waals surface area contributed by atoms with Gasteiger partial charge in [-0.05, 0) is 19.0 Å². The highest BCUT2D eigenvalue weighted by molar-refractivity contribution is 5.90. The predicted molar refractivity (Wildman–Crippen MR) is 88.5 cm³/mol. The van der Waals surface area contributed by atoms with Gasteiger partial charge in [-0.2, -0.15) is 0 Å². The second-order valence-corrected chi connectivity index (χ2v) is 5.80. The van der Waals surface area contributed by atoms with Gasteiger partial charge in [-0.15, -0.1) is 0 Å². The van der Waals surface area contributed by atoms with Gasteiger partial charge in [-0.1, -0.05) is 37.2 Å². The predicted octanol–water partition coefficient (Wildman–Crippen LogP) is 2.88. The lowest BCUT2D eigenvalue weighted by atomic mass is 10.1. The van der Waals surface area contributed by atoms with E-state index < -0.39 is 0 Å². The van der Waals surface area contributed by atoms with Crippen LogP contribution in [0.15, 0.2) is 34.9 Å². The fourth-order valence-corrected chi connectivity index (χ4v) is 2.22. The molecule has 23 heavy (non-hydrogen) atoms. The van der Waals surface area contributed by atoms with Crippen LogP contribution in [0, 0.1) is 0 Å². The van der Waals surface area contributed by atoms with Crippen molar-refractivity contribution in [1.29, 1.82) is 0 Å². The molecule has 6 heteroatoms. The van der Waals surface area contributed by atoms with E-state index in [1.807, 2.05) is 50.1 Å². The molecule has 0 aliphatic carbocycles. The lowest BCUT2D eigenvalue weighted by Gasteiger charge is -2.17. The minimum absolute atomic E-state index is 0.145. The molecule has 1 heterocycles. The minimum atomic E-state index is -0.145. The van der Waals surface area contributed by atoms with Crippen molar-refractivity contribution in [3.05, 3.63) is 41.6 Å². The van der Waals surface area contributed by atoms with E-state index in [1.54, 1.807) is 13.2 Å². The number of rotatable bonds is 7. The summed E-state index contributed by atoms with van der Waals surface area (Å²) < 4.78 is 10.4. The number of nitrogens with zero attached hydrogens (tertiary/aromatic N) is 2. The first-order valence-corrected chi connectivity index (χ1v) is 7.56.